The number of halogens is 1. The van der Waals surface area contributed by atoms with Crippen molar-refractivity contribution < 1.29 is 13.9 Å². The fraction of sp³-hybridized carbons (Fsp3) is 0.250. The van der Waals surface area contributed by atoms with Crippen LogP contribution in [0, 0.1) is 5.82 Å². The van der Waals surface area contributed by atoms with Crippen LogP contribution in [0.1, 0.15) is 47.2 Å². The van der Waals surface area contributed by atoms with Crippen molar-refractivity contribution in [3.05, 3.63) is 94.8 Å². The number of pyridine rings is 2. The predicted octanol–water partition coefficient (Wildman–Crippen LogP) is 4.40. The molecule has 0 radical (unpaired) electrons. The van der Waals surface area contributed by atoms with Crippen molar-refractivity contribution in [1.82, 2.24) is 9.97 Å². The van der Waals surface area contributed by atoms with E-state index in [1.165, 1.54) is 12.1 Å². The number of rotatable bonds is 7. The maximum atomic E-state index is 13.1. The number of ether oxygens (including phenoxy) is 1. The van der Waals surface area contributed by atoms with Crippen molar-refractivity contribution >= 4 is 11.7 Å². The summed E-state index contributed by atoms with van der Waals surface area (Å²) in [5.74, 6) is 0.435. The number of aromatic nitrogens is 2. The first-order valence-corrected chi connectivity index (χ1v) is 9.90. The largest absolute Gasteiger partial charge is 0.472 e. The summed E-state index contributed by atoms with van der Waals surface area (Å²) in [5.41, 5.74) is 4.54. The molecule has 4 rings (SSSR count). The van der Waals surface area contributed by atoms with Gasteiger partial charge in [0.25, 0.3) is 0 Å². The molecule has 2 aromatic heterocycles. The number of fused-ring (bicyclic) bond motifs is 1. The van der Waals surface area contributed by atoms with Crippen LogP contribution in [-0.4, -0.2) is 21.6 Å². The van der Waals surface area contributed by atoms with E-state index in [9.17, 15) is 9.18 Å². The summed E-state index contributed by atoms with van der Waals surface area (Å²) in [7, 11) is 0. The third-order valence-corrected chi connectivity index (χ3v) is 5.12. The predicted molar refractivity (Wildman–Crippen MR) is 112 cm³/mol. The Bertz CT molecular complexity index is 1070. The maximum absolute atomic E-state index is 13.1. The van der Waals surface area contributed by atoms with Crippen LogP contribution >= 0.6 is 0 Å². The Kier molecular flexibility index (Phi) is 5.93. The van der Waals surface area contributed by atoms with E-state index >= 15 is 0 Å². The monoisotopic (exact) mass is 403 g/mol. The molecular formula is C24H22FN3O2. The topological polar surface area (TPSA) is 64.4 Å². The molecule has 0 bridgehead atoms. The van der Waals surface area contributed by atoms with Crippen molar-refractivity contribution in [3.63, 3.8) is 0 Å². The highest BCUT2D eigenvalue weighted by molar-refractivity contribution is 5.97. The second kappa shape index (κ2) is 8.95. The van der Waals surface area contributed by atoms with Crippen LogP contribution < -0.4 is 0 Å². The highest BCUT2D eigenvalue weighted by Gasteiger charge is 2.20. The number of hydrogen-bond donors (Lipinski definition) is 0. The number of carbonyl (C=O) groups excluding carboxylic acids is 1. The van der Waals surface area contributed by atoms with Crippen LogP contribution in [0.5, 0.6) is 0 Å². The molecule has 152 valence electrons. The molecule has 30 heavy (non-hydrogen) atoms. The highest BCUT2D eigenvalue weighted by atomic mass is 19.1. The molecule has 0 spiro atoms. The minimum atomic E-state index is -0.273. The molecule has 1 aromatic carbocycles. The van der Waals surface area contributed by atoms with Crippen molar-refractivity contribution in [2.75, 3.05) is 0 Å². The first-order chi connectivity index (χ1) is 14.6. The Labute approximate surface area is 174 Å². The third kappa shape index (κ3) is 4.76. The lowest BCUT2D eigenvalue weighted by molar-refractivity contribution is -0.118. The summed E-state index contributed by atoms with van der Waals surface area (Å²) in [6.07, 6.45) is 5.87. The van der Waals surface area contributed by atoms with Gasteiger partial charge in [-0.1, -0.05) is 25.1 Å². The van der Waals surface area contributed by atoms with Crippen LogP contribution in [0.3, 0.4) is 0 Å². The van der Waals surface area contributed by atoms with E-state index in [-0.39, 0.29) is 23.9 Å². The summed E-state index contributed by atoms with van der Waals surface area (Å²) >= 11 is 0. The van der Waals surface area contributed by atoms with Crippen LogP contribution in [0.2, 0.25) is 0 Å². The first-order valence-electron chi connectivity index (χ1n) is 9.90. The molecule has 1 atom stereocenters. The number of ketones is 1. The number of hydrogen-bond acceptors (Lipinski definition) is 5. The zero-order chi connectivity index (χ0) is 20.9. The van der Waals surface area contributed by atoms with Gasteiger partial charge >= 0.3 is 0 Å². The van der Waals surface area contributed by atoms with Gasteiger partial charge < -0.3 is 4.74 Å². The Morgan fingerprint density at radius 3 is 2.80 bits per heavy atom. The first kappa shape index (κ1) is 19.9. The molecule has 1 aliphatic heterocycles. The van der Waals surface area contributed by atoms with Gasteiger partial charge in [-0.15, -0.1) is 0 Å². The molecule has 0 saturated heterocycles. The molecular weight excluding hydrogens is 381 g/mol. The molecule has 0 aliphatic carbocycles. The van der Waals surface area contributed by atoms with Gasteiger partial charge in [-0.05, 0) is 41.3 Å². The standard InChI is InChI=1S/C24H22FN3O2/c1-16(18-4-6-20(25)7-5-18)9-22(29)11-21-10-19-13-28-24(23(19)14-27-21)30-15-17-3-2-8-26-12-17/h2-8,10,12,14,16H,9,11,13,15H2,1H3/t16-/m0/s1. The fourth-order valence-corrected chi connectivity index (χ4v) is 3.49. The van der Waals surface area contributed by atoms with Crippen molar-refractivity contribution in [1.29, 1.82) is 0 Å². The lowest BCUT2D eigenvalue weighted by Gasteiger charge is -2.11. The van der Waals surface area contributed by atoms with Gasteiger partial charge in [0, 0.05) is 42.7 Å². The molecule has 3 aromatic rings. The normalized spacial score (nSPS) is 13.5. The average Bonchev–Trinajstić information content (AvgIpc) is 3.15. The minimum Gasteiger partial charge on any atom is -0.472 e. The number of carbonyl (C=O) groups is 1. The van der Waals surface area contributed by atoms with Gasteiger partial charge in [0.1, 0.15) is 18.2 Å². The zero-order valence-electron chi connectivity index (χ0n) is 16.7. The summed E-state index contributed by atoms with van der Waals surface area (Å²) < 4.78 is 18.9. The zero-order valence-corrected chi connectivity index (χ0v) is 16.7. The molecule has 0 N–H and O–H groups in total. The lowest BCUT2D eigenvalue weighted by atomic mass is 9.94. The van der Waals surface area contributed by atoms with E-state index in [4.69, 9.17) is 4.74 Å². The second-order valence-electron chi connectivity index (χ2n) is 7.48. The number of aliphatic imine (C=N–C) groups is 1. The van der Waals surface area contributed by atoms with Crippen LogP contribution in [0.25, 0.3) is 0 Å². The Balaban J connectivity index is 1.34. The molecule has 3 heterocycles. The van der Waals surface area contributed by atoms with E-state index in [2.05, 4.69) is 15.0 Å². The van der Waals surface area contributed by atoms with E-state index in [0.717, 1.165) is 27.9 Å². The maximum Gasteiger partial charge on any atom is 0.218 e. The van der Waals surface area contributed by atoms with Gasteiger partial charge in [-0.3, -0.25) is 14.8 Å². The van der Waals surface area contributed by atoms with E-state index in [0.29, 0.717) is 25.5 Å². The Hall–Kier alpha value is -3.41. The summed E-state index contributed by atoms with van der Waals surface area (Å²) in [5, 5.41) is 0. The van der Waals surface area contributed by atoms with Crippen molar-refractivity contribution in [3.8, 4) is 0 Å². The number of Topliss-reactive ketones (excluding diaryl/α,β-unsaturated/α-hetero) is 1. The SMILES string of the molecule is C[C@@H](CC(=O)Cc1cc2c(cn1)C(OCc1cccnc1)=NC2)c1ccc(F)cc1. The summed E-state index contributed by atoms with van der Waals surface area (Å²) in [4.78, 5) is 25.5. The van der Waals surface area contributed by atoms with E-state index < -0.39 is 0 Å². The molecule has 0 amide bonds. The molecule has 0 unspecified atom stereocenters. The van der Waals surface area contributed by atoms with Crippen molar-refractivity contribution in [2.24, 2.45) is 4.99 Å². The number of nitrogens with zero attached hydrogens (tertiary/aromatic N) is 3. The van der Waals surface area contributed by atoms with Gasteiger partial charge in [-0.2, -0.15) is 0 Å². The smallest absolute Gasteiger partial charge is 0.218 e. The van der Waals surface area contributed by atoms with Crippen LogP contribution in [0.15, 0.2) is 66.0 Å². The average molecular weight is 403 g/mol. The van der Waals surface area contributed by atoms with Gasteiger partial charge in [0.15, 0.2) is 0 Å². The van der Waals surface area contributed by atoms with E-state index in [1.54, 1.807) is 30.7 Å². The third-order valence-electron chi connectivity index (χ3n) is 5.12. The summed E-state index contributed by atoms with van der Waals surface area (Å²) in [6, 6.07) is 12.0. The van der Waals surface area contributed by atoms with Gasteiger partial charge in [0.05, 0.1) is 12.1 Å². The lowest BCUT2D eigenvalue weighted by Crippen LogP contribution is -2.10. The second-order valence-corrected chi connectivity index (χ2v) is 7.48. The Morgan fingerprint density at radius 2 is 2.03 bits per heavy atom. The molecule has 6 heteroatoms. The fourth-order valence-electron chi connectivity index (χ4n) is 3.49. The molecule has 1 aliphatic rings. The van der Waals surface area contributed by atoms with Gasteiger partial charge in [-0.25, -0.2) is 9.38 Å². The van der Waals surface area contributed by atoms with Crippen LogP contribution in [0.4, 0.5) is 4.39 Å². The molecule has 5 nitrogen and oxygen atoms in total. The van der Waals surface area contributed by atoms with Crippen LogP contribution in [-0.2, 0) is 29.1 Å². The quantitative estimate of drug-likeness (QED) is 0.587. The van der Waals surface area contributed by atoms with Gasteiger partial charge in [0.2, 0.25) is 5.90 Å². The molecule has 0 saturated carbocycles. The van der Waals surface area contributed by atoms with Crippen molar-refractivity contribution in [2.45, 2.75) is 38.8 Å². The number of benzene rings is 1. The summed E-state index contributed by atoms with van der Waals surface area (Å²) in [6.45, 7) is 2.89. The Morgan fingerprint density at radius 1 is 1.20 bits per heavy atom. The minimum absolute atomic E-state index is 0.0309. The molecule has 0 fully saturated rings. The van der Waals surface area contributed by atoms with E-state index in [1.807, 2.05) is 25.1 Å². The highest BCUT2D eigenvalue weighted by Crippen LogP contribution is 2.23.